The minimum atomic E-state index is -0.337. The summed E-state index contributed by atoms with van der Waals surface area (Å²) in [6, 6.07) is 7.73. The highest BCUT2D eigenvalue weighted by Crippen LogP contribution is 2.31. The SMILES string of the molecule is CNc1cc(C2CC(=O)N(c3ccc(F)cc3)C2)nc(CN(C)C(=O)C(C)C)n1. The minimum absolute atomic E-state index is 0.0172. The second kappa shape index (κ2) is 8.55. The van der Waals surface area contributed by atoms with Crippen LogP contribution in [0.4, 0.5) is 15.9 Å². The fraction of sp³-hybridized carbons (Fsp3) is 0.429. The Morgan fingerprint density at radius 2 is 2.00 bits per heavy atom. The summed E-state index contributed by atoms with van der Waals surface area (Å²) in [6.07, 6.45) is 0.317. The monoisotopic (exact) mass is 399 g/mol. The van der Waals surface area contributed by atoms with Crippen molar-refractivity contribution in [1.29, 1.82) is 0 Å². The fourth-order valence-corrected chi connectivity index (χ4v) is 3.43. The van der Waals surface area contributed by atoms with Gasteiger partial charge in [0.15, 0.2) is 0 Å². The average molecular weight is 399 g/mol. The van der Waals surface area contributed by atoms with Crippen LogP contribution in [-0.4, -0.2) is 47.3 Å². The van der Waals surface area contributed by atoms with Gasteiger partial charge < -0.3 is 15.1 Å². The van der Waals surface area contributed by atoms with Crippen LogP contribution >= 0.6 is 0 Å². The van der Waals surface area contributed by atoms with Gasteiger partial charge in [-0.1, -0.05) is 13.8 Å². The number of halogens is 1. The molecule has 1 aliphatic rings. The van der Waals surface area contributed by atoms with Crippen molar-refractivity contribution in [3.63, 3.8) is 0 Å². The third-order valence-corrected chi connectivity index (χ3v) is 4.98. The quantitative estimate of drug-likeness (QED) is 0.808. The van der Waals surface area contributed by atoms with Gasteiger partial charge in [0.05, 0.1) is 12.2 Å². The maximum Gasteiger partial charge on any atom is 0.227 e. The molecule has 0 bridgehead atoms. The van der Waals surface area contributed by atoms with Gasteiger partial charge in [-0.25, -0.2) is 14.4 Å². The van der Waals surface area contributed by atoms with E-state index in [1.54, 1.807) is 36.0 Å². The topological polar surface area (TPSA) is 78.4 Å². The van der Waals surface area contributed by atoms with E-state index < -0.39 is 0 Å². The molecule has 1 atom stereocenters. The number of anilines is 2. The Hall–Kier alpha value is -3.03. The number of hydrogen-bond acceptors (Lipinski definition) is 5. The minimum Gasteiger partial charge on any atom is -0.373 e. The molecule has 3 rings (SSSR count). The van der Waals surface area contributed by atoms with Crippen molar-refractivity contribution < 1.29 is 14.0 Å². The average Bonchev–Trinajstić information content (AvgIpc) is 3.09. The van der Waals surface area contributed by atoms with Crippen LogP contribution in [0.3, 0.4) is 0 Å². The lowest BCUT2D eigenvalue weighted by Crippen LogP contribution is -2.31. The first-order chi connectivity index (χ1) is 13.8. The van der Waals surface area contributed by atoms with Gasteiger partial charge in [0, 0.05) is 50.7 Å². The molecule has 1 unspecified atom stereocenters. The molecule has 0 saturated carbocycles. The molecule has 2 aromatic rings. The summed E-state index contributed by atoms with van der Waals surface area (Å²) >= 11 is 0. The second-order valence-corrected chi connectivity index (χ2v) is 7.58. The lowest BCUT2D eigenvalue weighted by Gasteiger charge is -2.20. The summed E-state index contributed by atoms with van der Waals surface area (Å²) in [5.74, 6) is 0.606. The molecule has 154 valence electrons. The third-order valence-electron chi connectivity index (χ3n) is 4.98. The Morgan fingerprint density at radius 3 is 2.62 bits per heavy atom. The van der Waals surface area contributed by atoms with Crippen LogP contribution in [0.1, 0.15) is 37.7 Å². The number of benzene rings is 1. The van der Waals surface area contributed by atoms with E-state index in [9.17, 15) is 14.0 Å². The van der Waals surface area contributed by atoms with Gasteiger partial charge in [0.2, 0.25) is 11.8 Å². The Balaban J connectivity index is 1.82. The molecule has 2 heterocycles. The van der Waals surface area contributed by atoms with Gasteiger partial charge in [-0.05, 0) is 24.3 Å². The van der Waals surface area contributed by atoms with Crippen molar-refractivity contribution in [2.45, 2.75) is 32.7 Å². The van der Waals surface area contributed by atoms with E-state index in [4.69, 9.17) is 0 Å². The summed E-state index contributed by atoms with van der Waals surface area (Å²) < 4.78 is 13.2. The van der Waals surface area contributed by atoms with Gasteiger partial charge in [-0.15, -0.1) is 0 Å². The van der Waals surface area contributed by atoms with E-state index >= 15 is 0 Å². The molecule has 0 radical (unpaired) electrons. The zero-order chi connectivity index (χ0) is 21.1. The molecular formula is C21H26FN5O2. The van der Waals surface area contributed by atoms with Crippen molar-refractivity contribution >= 4 is 23.3 Å². The first-order valence-electron chi connectivity index (χ1n) is 9.65. The van der Waals surface area contributed by atoms with Gasteiger partial charge >= 0.3 is 0 Å². The maximum absolute atomic E-state index is 13.2. The van der Waals surface area contributed by atoms with Crippen molar-refractivity contribution in [1.82, 2.24) is 14.9 Å². The molecule has 8 heteroatoms. The number of rotatable bonds is 6. The number of hydrogen-bond donors (Lipinski definition) is 1. The number of nitrogens with one attached hydrogen (secondary N) is 1. The summed E-state index contributed by atoms with van der Waals surface area (Å²) in [6.45, 7) is 4.46. The first-order valence-corrected chi connectivity index (χ1v) is 9.65. The first kappa shape index (κ1) is 20.7. The summed E-state index contributed by atoms with van der Waals surface area (Å²) in [5.41, 5.74) is 1.42. The molecule has 1 N–H and O–H groups in total. The molecule has 7 nitrogen and oxygen atoms in total. The number of carbonyl (C=O) groups excluding carboxylic acids is 2. The lowest BCUT2D eigenvalue weighted by molar-refractivity contribution is -0.133. The highest BCUT2D eigenvalue weighted by atomic mass is 19.1. The van der Waals surface area contributed by atoms with E-state index in [0.29, 0.717) is 36.8 Å². The number of amides is 2. The smallest absolute Gasteiger partial charge is 0.227 e. The molecule has 1 saturated heterocycles. The fourth-order valence-electron chi connectivity index (χ4n) is 3.43. The van der Waals surface area contributed by atoms with E-state index in [0.717, 1.165) is 5.69 Å². The van der Waals surface area contributed by atoms with E-state index in [2.05, 4.69) is 15.3 Å². The van der Waals surface area contributed by atoms with Crippen LogP contribution in [0.2, 0.25) is 0 Å². The second-order valence-electron chi connectivity index (χ2n) is 7.58. The zero-order valence-electron chi connectivity index (χ0n) is 17.1. The molecule has 1 aromatic carbocycles. The van der Waals surface area contributed by atoms with E-state index in [-0.39, 0.29) is 29.5 Å². The van der Waals surface area contributed by atoms with Crippen molar-refractivity contribution in [2.75, 3.05) is 30.9 Å². The highest BCUT2D eigenvalue weighted by molar-refractivity contribution is 5.96. The van der Waals surface area contributed by atoms with Gasteiger partial charge in [0.25, 0.3) is 0 Å². The molecule has 1 fully saturated rings. The molecule has 29 heavy (non-hydrogen) atoms. The maximum atomic E-state index is 13.2. The molecule has 0 aliphatic carbocycles. The number of carbonyl (C=O) groups is 2. The molecule has 1 aromatic heterocycles. The van der Waals surface area contributed by atoms with Crippen LogP contribution in [-0.2, 0) is 16.1 Å². The van der Waals surface area contributed by atoms with Crippen LogP contribution in [0.25, 0.3) is 0 Å². The lowest BCUT2D eigenvalue weighted by atomic mass is 10.0. The standard InChI is InChI=1S/C21H26FN5O2/c1-13(2)21(29)26(4)12-19-24-17(10-18(23-3)25-19)14-9-20(28)27(11-14)16-7-5-15(22)6-8-16/h5-8,10,13-14H,9,11-12H2,1-4H3,(H,23,24,25). The Kier molecular flexibility index (Phi) is 6.10. The summed E-state index contributed by atoms with van der Waals surface area (Å²) in [4.78, 5) is 37.1. The Bertz CT molecular complexity index is 900. The van der Waals surface area contributed by atoms with Crippen molar-refractivity contribution in [2.24, 2.45) is 5.92 Å². The Morgan fingerprint density at radius 1 is 1.31 bits per heavy atom. The summed E-state index contributed by atoms with van der Waals surface area (Å²) in [5, 5.41) is 3.02. The largest absolute Gasteiger partial charge is 0.373 e. The van der Waals surface area contributed by atoms with Crippen LogP contribution in [0.5, 0.6) is 0 Å². The normalized spacial score (nSPS) is 16.4. The Labute approximate surface area is 169 Å². The molecular weight excluding hydrogens is 373 g/mol. The van der Waals surface area contributed by atoms with Crippen LogP contribution in [0, 0.1) is 11.7 Å². The van der Waals surface area contributed by atoms with Crippen LogP contribution < -0.4 is 10.2 Å². The predicted octanol–water partition coefficient (Wildman–Crippen LogP) is 2.79. The number of aromatic nitrogens is 2. The van der Waals surface area contributed by atoms with E-state index in [1.165, 1.54) is 12.1 Å². The van der Waals surface area contributed by atoms with Gasteiger partial charge in [-0.3, -0.25) is 9.59 Å². The van der Waals surface area contributed by atoms with Gasteiger partial charge in [-0.2, -0.15) is 0 Å². The molecule has 2 amide bonds. The van der Waals surface area contributed by atoms with Crippen molar-refractivity contribution in [3.05, 3.63) is 47.7 Å². The number of nitrogens with zero attached hydrogens (tertiary/aromatic N) is 4. The van der Waals surface area contributed by atoms with E-state index in [1.807, 2.05) is 19.9 Å². The van der Waals surface area contributed by atoms with Gasteiger partial charge in [0.1, 0.15) is 17.5 Å². The van der Waals surface area contributed by atoms with Crippen LogP contribution in [0.15, 0.2) is 30.3 Å². The highest BCUT2D eigenvalue weighted by Gasteiger charge is 2.33. The van der Waals surface area contributed by atoms with Crippen molar-refractivity contribution in [3.8, 4) is 0 Å². The predicted molar refractivity (Wildman–Crippen MR) is 109 cm³/mol. The third kappa shape index (κ3) is 4.70. The zero-order valence-corrected chi connectivity index (χ0v) is 17.1. The summed E-state index contributed by atoms with van der Waals surface area (Å²) in [7, 11) is 3.50. The molecule has 1 aliphatic heterocycles. The molecule has 0 spiro atoms.